The number of hydrogen-bond acceptors (Lipinski definition) is 3. The molecule has 1 saturated carbocycles. The Labute approximate surface area is 100 Å². The van der Waals surface area contributed by atoms with Crippen molar-refractivity contribution in [3.05, 3.63) is 17.5 Å². The molecule has 1 heterocycles. The van der Waals surface area contributed by atoms with E-state index >= 15 is 0 Å². The van der Waals surface area contributed by atoms with Crippen molar-refractivity contribution >= 4 is 5.91 Å². The Morgan fingerprint density at radius 1 is 1.65 bits per heavy atom. The van der Waals surface area contributed by atoms with Crippen molar-refractivity contribution in [2.75, 3.05) is 0 Å². The summed E-state index contributed by atoms with van der Waals surface area (Å²) in [5.41, 5.74) is 1.31. The molecule has 17 heavy (non-hydrogen) atoms. The number of hydrogen-bond donors (Lipinski definition) is 1. The third kappa shape index (κ3) is 2.31. The predicted octanol–water partition coefficient (Wildman–Crippen LogP) is 1.15. The first-order valence-electron chi connectivity index (χ1n) is 5.82. The standard InChI is InChI=1S/C12H16N4O/c1-8-10(7-16(2)15-8)12(17)14-11-5-3-4-9(11)6-13/h7,9,11H,3-5H2,1-2H3,(H,14,17). The van der Waals surface area contributed by atoms with Gasteiger partial charge in [-0.15, -0.1) is 0 Å². The van der Waals surface area contributed by atoms with E-state index in [1.54, 1.807) is 17.9 Å². The summed E-state index contributed by atoms with van der Waals surface area (Å²) in [5.74, 6) is -0.168. The highest BCUT2D eigenvalue weighted by Gasteiger charge is 2.29. The molecule has 0 spiro atoms. The lowest BCUT2D eigenvalue weighted by Gasteiger charge is -2.14. The van der Waals surface area contributed by atoms with E-state index in [0.717, 1.165) is 25.0 Å². The number of nitrogens with one attached hydrogen (secondary N) is 1. The molecule has 0 aliphatic heterocycles. The fourth-order valence-electron chi connectivity index (χ4n) is 2.36. The fourth-order valence-corrected chi connectivity index (χ4v) is 2.36. The Kier molecular flexibility index (Phi) is 3.14. The molecule has 0 radical (unpaired) electrons. The van der Waals surface area contributed by atoms with Gasteiger partial charge < -0.3 is 5.32 Å². The second-order valence-corrected chi connectivity index (χ2v) is 4.55. The van der Waals surface area contributed by atoms with Crippen molar-refractivity contribution in [1.82, 2.24) is 15.1 Å². The maximum absolute atomic E-state index is 12.0. The molecule has 5 heteroatoms. The van der Waals surface area contributed by atoms with E-state index < -0.39 is 0 Å². The molecule has 1 fully saturated rings. The van der Waals surface area contributed by atoms with E-state index in [0.29, 0.717) is 5.56 Å². The predicted molar refractivity (Wildman–Crippen MR) is 62.2 cm³/mol. The Morgan fingerprint density at radius 2 is 2.41 bits per heavy atom. The van der Waals surface area contributed by atoms with Gasteiger partial charge in [0.05, 0.1) is 23.2 Å². The molecule has 1 aliphatic rings. The van der Waals surface area contributed by atoms with Gasteiger partial charge in [-0.1, -0.05) is 0 Å². The van der Waals surface area contributed by atoms with Crippen molar-refractivity contribution in [3.63, 3.8) is 0 Å². The van der Waals surface area contributed by atoms with Crippen molar-refractivity contribution in [3.8, 4) is 6.07 Å². The topological polar surface area (TPSA) is 70.7 Å². The van der Waals surface area contributed by atoms with E-state index in [2.05, 4.69) is 16.5 Å². The Hall–Kier alpha value is -1.83. The largest absolute Gasteiger partial charge is 0.348 e. The molecular formula is C12H16N4O. The average Bonchev–Trinajstić information content (AvgIpc) is 2.84. The van der Waals surface area contributed by atoms with Crippen molar-refractivity contribution in [2.24, 2.45) is 13.0 Å². The third-order valence-corrected chi connectivity index (χ3v) is 3.26. The molecule has 1 amide bonds. The smallest absolute Gasteiger partial charge is 0.255 e. The van der Waals surface area contributed by atoms with Gasteiger partial charge in [-0.25, -0.2) is 0 Å². The van der Waals surface area contributed by atoms with Crippen LogP contribution in [-0.4, -0.2) is 21.7 Å². The lowest BCUT2D eigenvalue weighted by Crippen LogP contribution is -2.37. The van der Waals surface area contributed by atoms with Crippen LogP contribution in [0, 0.1) is 24.2 Å². The quantitative estimate of drug-likeness (QED) is 0.831. The van der Waals surface area contributed by atoms with E-state index in [9.17, 15) is 4.79 Å². The molecule has 0 aromatic carbocycles. The highest BCUT2D eigenvalue weighted by atomic mass is 16.1. The van der Waals surface area contributed by atoms with Crippen LogP contribution in [0.4, 0.5) is 0 Å². The van der Waals surface area contributed by atoms with Gasteiger partial charge in [0, 0.05) is 19.3 Å². The van der Waals surface area contributed by atoms with Crippen LogP contribution in [0.5, 0.6) is 0 Å². The van der Waals surface area contributed by atoms with Crippen molar-refractivity contribution in [2.45, 2.75) is 32.2 Å². The minimum Gasteiger partial charge on any atom is -0.348 e. The summed E-state index contributed by atoms with van der Waals surface area (Å²) >= 11 is 0. The van der Waals surface area contributed by atoms with Crippen LogP contribution in [0.15, 0.2) is 6.20 Å². The summed E-state index contributed by atoms with van der Waals surface area (Å²) in [6.07, 6.45) is 4.49. The molecule has 1 aliphatic carbocycles. The molecule has 90 valence electrons. The second-order valence-electron chi connectivity index (χ2n) is 4.55. The van der Waals surface area contributed by atoms with Gasteiger partial charge in [0.25, 0.3) is 5.91 Å². The van der Waals surface area contributed by atoms with Gasteiger partial charge in [-0.2, -0.15) is 10.4 Å². The van der Waals surface area contributed by atoms with Gasteiger partial charge in [0.2, 0.25) is 0 Å². The zero-order valence-corrected chi connectivity index (χ0v) is 10.1. The summed E-state index contributed by atoms with van der Waals surface area (Å²) in [6.45, 7) is 1.81. The molecule has 0 saturated heterocycles. The number of aromatic nitrogens is 2. The maximum Gasteiger partial charge on any atom is 0.255 e. The molecule has 2 rings (SSSR count). The highest BCUT2D eigenvalue weighted by molar-refractivity contribution is 5.95. The SMILES string of the molecule is Cc1nn(C)cc1C(=O)NC1CCCC1C#N. The Morgan fingerprint density at radius 3 is 3.00 bits per heavy atom. The summed E-state index contributed by atoms with van der Waals surface area (Å²) < 4.78 is 1.63. The number of nitrogens with zero attached hydrogens (tertiary/aromatic N) is 3. The Balaban J connectivity index is 2.07. The van der Waals surface area contributed by atoms with E-state index in [4.69, 9.17) is 5.26 Å². The third-order valence-electron chi connectivity index (χ3n) is 3.26. The molecule has 5 nitrogen and oxygen atoms in total. The number of aryl methyl sites for hydroxylation is 2. The van der Waals surface area contributed by atoms with Gasteiger partial charge in [-0.05, 0) is 26.2 Å². The molecule has 2 atom stereocenters. The minimum absolute atomic E-state index is 0.00731. The van der Waals surface area contributed by atoms with E-state index in [1.807, 2.05) is 6.92 Å². The maximum atomic E-state index is 12.0. The zero-order chi connectivity index (χ0) is 12.4. The zero-order valence-electron chi connectivity index (χ0n) is 10.1. The normalized spacial score (nSPS) is 23.4. The highest BCUT2D eigenvalue weighted by Crippen LogP contribution is 2.25. The van der Waals surface area contributed by atoms with E-state index in [-0.39, 0.29) is 17.9 Å². The summed E-state index contributed by atoms with van der Waals surface area (Å²) in [4.78, 5) is 12.0. The molecular weight excluding hydrogens is 216 g/mol. The average molecular weight is 232 g/mol. The van der Waals surface area contributed by atoms with Gasteiger partial charge in [0.1, 0.15) is 0 Å². The van der Waals surface area contributed by atoms with Crippen molar-refractivity contribution < 1.29 is 4.79 Å². The monoisotopic (exact) mass is 232 g/mol. The van der Waals surface area contributed by atoms with Crippen LogP contribution in [0.25, 0.3) is 0 Å². The van der Waals surface area contributed by atoms with Gasteiger partial charge in [-0.3, -0.25) is 9.48 Å². The van der Waals surface area contributed by atoms with Crippen LogP contribution in [0.3, 0.4) is 0 Å². The van der Waals surface area contributed by atoms with E-state index in [1.165, 1.54) is 0 Å². The first kappa shape index (κ1) is 11.6. The lowest BCUT2D eigenvalue weighted by molar-refractivity contribution is 0.0932. The van der Waals surface area contributed by atoms with Crippen LogP contribution in [0.2, 0.25) is 0 Å². The molecule has 0 bridgehead atoms. The van der Waals surface area contributed by atoms with Gasteiger partial charge >= 0.3 is 0 Å². The summed E-state index contributed by atoms with van der Waals surface area (Å²) in [7, 11) is 1.79. The number of carbonyl (C=O) groups is 1. The number of amides is 1. The van der Waals surface area contributed by atoms with Gasteiger partial charge in [0.15, 0.2) is 0 Å². The summed E-state index contributed by atoms with van der Waals surface area (Å²) in [6, 6.07) is 2.25. The second kappa shape index (κ2) is 4.58. The first-order chi connectivity index (χ1) is 8.11. The van der Waals surface area contributed by atoms with Crippen LogP contribution in [0.1, 0.15) is 35.3 Å². The summed E-state index contributed by atoms with van der Waals surface area (Å²) in [5, 5.41) is 16.0. The molecule has 1 aromatic heterocycles. The Bertz CT molecular complexity index is 471. The number of nitriles is 1. The fraction of sp³-hybridized carbons (Fsp3) is 0.583. The van der Waals surface area contributed by atoms with Crippen molar-refractivity contribution in [1.29, 1.82) is 5.26 Å². The molecule has 1 N–H and O–H groups in total. The lowest BCUT2D eigenvalue weighted by atomic mass is 10.1. The number of carbonyl (C=O) groups excluding carboxylic acids is 1. The van der Waals surface area contributed by atoms with Crippen LogP contribution < -0.4 is 5.32 Å². The number of rotatable bonds is 2. The van der Waals surface area contributed by atoms with Crippen LogP contribution in [-0.2, 0) is 7.05 Å². The molecule has 1 aromatic rings. The molecule has 2 unspecified atom stereocenters. The first-order valence-corrected chi connectivity index (χ1v) is 5.82. The van der Waals surface area contributed by atoms with Crippen LogP contribution >= 0.6 is 0 Å². The minimum atomic E-state index is -0.122.